The smallest absolute Gasteiger partial charge is 0.326 e. The van der Waals surface area contributed by atoms with E-state index >= 15 is 0 Å². The molecule has 2 rings (SSSR count). The molecule has 1 atom stereocenters. The van der Waals surface area contributed by atoms with Crippen LogP contribution in [0, 0.1) is 10.8 Å². The zero-order valence-electron chi connectivity index (χ0n) is 12.9. The summed E-state index contributed by atoms with van der Waals surface area (Å²) in [4.78, 5) is 26.3. The maximum absolute atomic E-state index is 13.0. The van der Waals surface area contributed by atoms with Gasteiger partial charge < -0.3 is 20.5 Å². The van der Waals surface area contributed by atoms with E-state index in [1.54, 1.807) is 4.90 Å². The molecule has 2 aliphatic rings. The van der Waals surface area contributed by atoms with Crippen molar-refractivity contribution in [1.82, 2.24) is 4.90 Å². The Morgan fingerprint density at radius 1 is 1.29 bits per heavy atom. The number of carboxylic acid groups (broad SMARTS) is 1. The van der Waals surface area contributed by atoms with Gasteiger partial charge >= 0.3 is 5.97 Å². The van der Waals surface area contributed by atoms with Crippen molar-refractivity contribution in [1.29, 1.82) is 0 Å². The van der Waals surface area contributed by atoms with E-state index < -0.39 is 22.8 Å². The van der Waals surface area contributed by atoms with Crippen molar-refractivity contribution in [3.63, 3.8) is 0 Å². The Labute approximate surface area is 125 Å². The third-order valence-electron chi connectivity index (χ3n) is 5.06. The van der Waals surface area contributed by atoms with E-state index in [-0.39, 0.29) is 12.5 Å². The fourth-order valence-corrected chi connectivity index (χ4v) is 3.65. The van der Waals surface area contributed by atoms with E-state index in [0.717, 1.165) is 12.8 Å². The van der Waals surface area contributed by atoms with Gasteiger partial charge in [-0.3, -0.25) is 4.79 Å². The molecule has 3 N–H and O–H groups in total. The molecule has 6 heteroatoms. The van der Waals surface area contributed by atoms with Gasteiger partial charge in [0.25, 0.3) is 0 Å². The summed E-state index contributed by atoms with van der Waals surface area (Å²) in [5.74, 6) is -1.03. The Hall–Kier alpha value is -1.14. The quantitative estimate of drug-likeness (QED) is 0.805. The van der Waals surface area contributed by atoms with Crippen LogP contribution in [0.15, 0.2) is 0 Å². The number of hydrogen-bond donors (Lipinski definition) is 2. The minimum Gasteiger partial charge on any atom is -0.480 e. The van der Waals surface area contributed by atoms with Crippen LogP contribution >= 0.6 is 0 Å². The molecule has 2 fully saturated rings. The van der Waals surface area contributed by atoms with Gasteiger partial charge in [-0.1, -0.05) is 13.8 Å². The molecule has 2 aliphatic heterocycles. The predicted octanol–water partition coefficient (Wildman–Crippen LogP) is 0.844. The second kappa shape index (κ2) is 5.93. The maximum atomic E-state index is 13.0. The van der Waals surface area contributed by atoms with Crippen molar-refractivity contribution in [2.75, 3.05) is 26.3 Å². The first-order valence-electron chi connectivity index (χ1n) is 7.66. The number of carboxylic acids is 1. The summed E-state index contributed by atoms with van der Waals surface area (Å²) in [5, 5.41) is 9.60. The standard InChI is InChI=1S/C15H26N2O4/c1-14(2)4-3-7-17(11(14)12(18)19)13(20)15(10-16)5-8-21-9-6-15/h11H,3-10,16H2,1-2H3,(H,18,19). The number of rotatable bonds is 3. The van der Waals surface area contributed by atoms with Crippen LogP contribution in [0.5, 0.6) is 0 Å². The first-order chi connectivity index (χ1) is 9.84. The monoisotopic (exact) mass is 298 g/mol. The third kappa shape index (κ3) is 2.92. The van der Waals surface area contributed by atoms with E-state index in [9.17, 15) is 14.7 Å². The lowest BCUT2D eigenvalue weighted by Gasteiger charge is -2.48. The van der Waals surface area contributed by atoms with Crippen molar-refractivity contribution < 1.29 is 19.4 Å². The van der Waals surface area contributed by atoms with Crippen LogP contribution in [0.25, 0.3) is 0 Å². The van der Waals surface area contributed by atoms with Crippen LogP contribution in [0.3, 0.4) is 0 Å². The van der Waals surface area contributed by atoms with Gasteiger partial charge in [-0.25, -0.2) is 4.79 Å². The van der Waals surface area contributed by atoms with Crippen LogP contribution in [0.4, 0.5) is 0 Å². The van der Waals surface area contributed by atoms with Crippen LogP contribution < -0.4 is 5.73 Å². The van der Waals surface area contributed by atoms with E-state index in [0.29, 0.717) is 32.6 Å². The Balaban J connectivity index is 2.28. The molecular formula is C15H26N2O4. The second-order valence-corrected chi connectivity index (χ2v) is 6.93. The lowest BCUT2D eigenvalue weighted by atomic mass is 9.73. The number of aliphatic carboxylic acids is 1. The van der Waals surface area contributed by atoms with Crippen molar-refractivity contribution in [3.05, 3.63) is 0 Å². The van der Waals surface area contributed by atoms with Crippen molar-refractivity contribution >= 4 is 11.9 Å². The molecule has 0 aromatic rings. The number of hydrogen-bond acceptors (Lipinski definition) is 4. The van der Waals surface area contributed by atoms with Gasteiger partial charge in [0.05, 0.1) is 5.41 Å². The molecule has 1 amide bonds. The van der Waals surface area contributed by atoms with Gasteiger partial charge in [0, 0.05) is 26.3 Å². The molecule has 21 heavy (non-hydrogen) atoms. The number of nitrogens with zero attached hydrogens (tertiary/aromatic N) is 1. The molecular weight excluding hydrogens is 272 g/mol. The van der Waals surface area contributed by atoms with E-state index in [2.05, 4.69) is 0 Å². The van der Waals surface area contributed by atoms with Crippen molar-refractivity contribution in [2.45, 2.75) is 45.6 Å². The average molecular weight is 298 g/mol. The van der Waals surface area contributed by atoms with E-state index in [1.165, 1.54) is 0 Å². The third-order valence-corrected chi connectivity index (χ3v) is 5.06. The number of carbonyl (C=O) groups excluding carboxylic acids is 1. The normalized spacial score (nSPS) is 28.1. The Kier molecular flexibility index (Phi) is 4.58. The second-order valence-electron chi connectivity index (χ2n) is 6.93. The van der Waals surface area contributed by atoms with Gasteiger partial charge in [-0.15, -0.1) is 0 Å². The molecule has 0 aromatic carbocycles. The van der Waals surface area contributed by atoms with Crippen LogP contribution in [-0.2, 0) is 14.3 Å². The molecule has 2 saturated heterocycles. The minimum absolute atomic E-state index is 0.103. The molecule has 0 radical (unpaired) electrons. The highest BCUT2D eigenvalue weighted by Crippen LogP contribution is 2.39. The summed E-state index contributed by atoms with van der Waals surface area (Å²) in [6.07, 6.45) is 2.79. The molecule has 0 aliphatic carbocycles. The zero-order valence-corrected chi connectivity index (χ0v) is 12.9. The molecule has 0 aromatic heterocycles. The van der Waals surface area contributed by atoms with Gasteiger partial charge in [-0.2, -0.15) is 0 Å². The van der Waals surface area contributed by atoms with Crippen molar-refractivity contribution in [3.8, 4) is 0 Å². The molecule has 0 bridgehead atoms. The predicted molar refractivity (Wildman–Crippen MR) is 77.7 cm³/mol. The number of amides is 1. The Morgan fingerprint density at radius 3 is 2.43 bits per heavy atom. The number of ether oxygens (including phenoxy) is 1. The summed E-state index contributed by atoms with van der Waals surface area (Å²) in [7, 11) is 0. The van der Waals surface area contributed by atoms with Crippen LogP contribution in [0.2, 0.25) is 0 Å². The lowest BCUT2D eigenvalue weighted by molar-refractivity contribution is -0.166. The van der Waals surface area contributed by atoms with Gasteiger partial charge in [-0.05, 0) is 31.1 Å². The van der Waals surface area contributed by atoms with Gasteiger partial charge in [0.1, 0.15) is 6.04 Å². The molecule has 120 valence electrons. The van der Waals surface area contributed by atoms with E-state index in [1.807, 2.05) is 13.8 Å². The molecule has 0 saturated carbocycles. The SMILES string of the molecule is CC1(C)CCCN(C(=O)C2(CN)CCOCC2)C1C(=O)O. The van der Waals surface area contributed by atoms with Crippen molar-refractivity contribution in [2.24, 2.45) is 16.6 Å². The lowest BCUT2D eigenvalue weighted by Crippen LogP contribution is -2.61. The highest BCUT2D eigenvalue weighted by atomic mass is 16.5. The summed E-state index contributed by atoms with van der Waals surface area (Å²) >= 11 is 0. The summed E-state index contributed by atoms with van der Waals surface area (Å²) < 4.78 is 5.34. The molecule has 0 spiro atoms. The Morgan fingerprint density at radius 2 is 1.90 bits per heavy atom. The number of piperidine rings is 1. The summed E-state index contributed by atoms with van der Waals surface area (Å²) in [6.45, 7) is 5.62. The maximum Gasteiger partial charge on any atom is 0.326 e. The van der Waals surface area contributed by atoms with Gasteiger partial charge in [0.2, 0.25) is 5.91 Å². The Bertz CT molecular complexity index is 416. The summed E-state index contributed by atoms with van der Waals surface area (Å²) in [6, 6.07) is -0.773. The fourth-order valence-electron chi connectivity index (χ4n) is 3.65. The topological polar surface area (TPSA) is 92.9 Å². The number of carbonyl (C=O) groups is 2. The molecule has 6 nitrogen and oxygen atoms in total. The molecule has 2 heterocycles. The first kappa shape index (κ1) is 16.2. The molecule has 1 unspecified atom stereocenters. The average Bonchev–Trinajstić information content (AvgIpc) is 2.45. The first-order valence-corrected chi connectivity index (χ1v) is 7.66. The minimum atomic E-state index is -0.924. The highest BCUT2D eigenvalue weighted by molar-refractivity contribution is 5.88. The van der Waals surface area contributed by atoms with Gasteiger partial charge in [0.15, 0.2) is 0 Å². The highest BCUT2D eigenvalue weighted by Gasteiger charge is 2.50. The van der Waals surface area contributed by atoms with Crippen LogP contribution in [-0.4, -0.2) is 54.2 Å². The number of likely N-dealkylation sites (tertiary alicyclic amines) is 1. The largest absolute Gasteiger partial charge is 0.480 e. The van der Waals surface area contributed by atoms with Crippen LogP contribution in [0.1, 0.15) is 39.5 Å². The number of nitrogens with two attached hydrogens (primary N) is 1. The summed E-state index contributed by atoms with van der Waals surface area (Å²) in [5.41, 5.74) is 4.82. The zero-order chi connectivity index (χ0) is 15.7. The van der Waals surface area contributed by atoms with E-state index in [4.69, 9.17) is 10.5 Å². The fraction of sp³-hybridized carbons (Fsp3) is 0.867.